The lowest BCUT2D eigenvalue weighted by molar-refractivity contribution is -0.132. The lowest BCUT2D eigenvalue weighted by Gasteiger charge is -2.37. The van der Waals surface area contributed by atoms with E-state index in [9.17, 15) is 10.1 Å². The summed E-state index contributed by atoms with van der Waals surface area (Å²) < 4.78 is 12.0. The van der Waals surface area contributed by atoms with Gasteiger partial charge in [0.15, 0.2) is 0 Å². The van der Waals surface area contributed by atoms with Gasteiger partial charge < -0.3 is 25.0 Å². The van der Waals surface area contributed by atoms with E-state index in [0.717, 1.165) is 50.0 Å². The van der Waals surface area contributed by atoms with Crippen molar-refractivity contribution >= 4 is 5.91 Å². The number of carbonyl (C=O) groups is 1. The molecule has 0 saturated carbocycles. The minimum Gasteiger partial charge on any atom is -0.367 e. The average molecular weight is 475 g/mol. The molecule has 3 aliphatic heterocycles. The van der Waals surface area contributed by atoms with Gasteiger partial charge in [-0.15, -0.1) is 0 Å². The van der Waals surface area contributed by atoms with Crippen LogP contribution >= 0.6 is 0 Å². The van der Waals surface area contributed by atoms with Crippen molar-refractivity contribution in [2.45, 2.75) is 50.0 Å². The Hall–Kier alpha value is -2.76. The van der Waals surface area contributed by atoms with Crippen molar-refractivity contribution in [3.8, 4) is 17.2 Å². The molecule has 2 saturated heterocycles. The Balaban J connectivity index is 1.25. The number of piperidine rings is 1. The van der Waals surface area contributed by atoms with Crippen LogP contribution in [0.2, 0.25) is 0 Å². The van der Waals surface area contributed by atoms with E-state index in [1.165, 1.54) is 16.7 Å². The van der Waals surface area contributed by atoms with Gasteiger partial charge >= 0.3 is 0 Å². The van der Waals surface area contributed by atoms with Gasteiger partial charge in [0.25, 0.3) is 5.91 Å². The second-order valence-corrected chi connectivity index (χ2v) is 9.97. The van der Waals surface area contributed by atoms with Crippen molar-refractivity contribution in [3.63, 3.8) is 0 Å². The molecule has 3 aliphatic rings. The molecule has 2 atom stereocenters. The quantitative estimate of drug-likeness (QED) is 0.693. The summed E-state index contributed by atoms with van der Waals surface area (Å²) in [5.41, 5.74) is 5.83. The molecule has 7 heteroatoms. The number of fused-ring (bicyclic) bond motifs is 2. The van der Waals surface area contributed by atoms with E-state index in [2.05, 4.69) is 59.0 Å². The summed E-state index contributed by atoms with van der Waals surface area (Å²) in [6, 6.07) is 16.6. The number of likely N-dealkylation sites (tertiary alicyclic amines) is 1. The van der Waals surface area contributed by atoms with Gasteiger partial charge in [-0.25, -0.2) is 0 Å². The number of ether oxygens (including phenoxy) is 2. The number of nitrogens with one attached hydrogen (secondary N) is 2. The van der Waals surface area contributed by atoms with Crippen LogP contribution in [-0.2, 0) is 32.9 Å². The molecule has 0 bridgehead atoms. The molecule has 1 amide bonds. The van der Waals surface area contributed by atoms with Crippen LogP contribution in [0, 0.1) is 11.3 Å². The number of hydrogen-bond acceptors (Lipinski definition) is 6. The molecule has 2 fully saturated rings. The molecule has 35 heavy (non-hydrogen) atoms. The maximum Gasteiger partial charge on any atom is 0.251 e. The topological polar surface area (TPSA) is 86.6 Å². The van der Waals surface area contributed by atoms with E-state index in [-0.39, 0.29) is 11.5 Å². The summed E-state index contributed by atoms with van der Waals surface area (Å²) in [5.74, 6) is -0.231. The van der Waals surface area contributed by atoms with E-state index < -0.39 is 12.1 Å². The van der Waals surface area contributed by atoms with Crippen molar-refractivity contribution in [2.24, 2.45) is 0 Å². The number of hydrogen-bond donors (Lipinski definition) is 2. The summed E-state index contributed by atoms with van der Waals surface area (Å²) in [6.07, 6.45) is 2.85. The third kappa shape index (κ3) is 5.26. The van der Waals surface area contributed by atoms with Crippen molar-refractivity contribution in [1.29, 1.82) is 5.26 Å². The molecule has 1 spiro atoms. The number of rotatable bonds is 5. The predicted molar refractivity (Wildman–Crippen MR) is 134 cm³/mol. The third-order valence-electron chi connectivity index (χ3n) is 7.54. The fraction of sp³-hybridized carbons (Fsp3) is 0.500. The first-order chi connectivity index (χ1) is 17.1. The largest absolute Gasteiger partial charge is 0.367 e. The molecular weight excluding hydrogens is 440 g/mol. The minimum absolute atomic E-state index is 0.146. The number of nitriles is 1. The molecule has 5 rings (SSSR count). The Labute approximate surface area is 207 Å². The maximum atomic E-state index is 12.5. The average Bonchev–Trinajstić information content (AvgIpc) is 3.04. The number of benzene rings is 2. The summed E-state index contributed by atoms with van der Waals surface area (Å²) in [7, 11) is 2.17. The normalized spacial score (nSPS) is 22.7. The Morgan fingerprint density at radius 2 is 2.00 bits per heavy atom. The van der Waals surface area contributed by atoms with Gasteiger partial charge in [-0.1, -0.05) is 36.4 Å². The van der Waals surface area contributed by atoms with Gasteiger partial charge in [-0.3, -0.25) is 4.79 Å². The van der Waals surface area contributed by atoms with Crippen LogP contribution in [0.15, 0.2) is 42.5 Å². The van der Waals surface area contributed by atoms with Gasteiger partial charge in [0.1, 0.15) is 12.1 Å². The highest BCUT2D eigenvalue weighted by Crippen LogP contribution is 2.45. The zero-order chi connectivity index (χ0) is 24.3. The van der Waals surface area contributed by atoms with E-state index in [0.29, 0.717) is 26.2 Å². The number of nitrogens with zero attached hydrogens (tertiary/aromatic N) is 2. The first-order valence-corrected chi connectivity index (χ1v) is 12.6. The number of amides is 1. The highest BCUT2D eigenvalue weighted by molar-refractivity contribution is 5.81. The van der Waals surface area contributed by atoms with Crippen LogP contribution < -0.4 is 10.6 Å². The Bertz CT molecular complexity index is 1080. The maximum absolute atomic E-state index is 12.5. The Morgan fingerprint density at radius 1 is 1.23 bits per heavy atom. The summed E-state index contributed by atoms with van der Waals surface area (Å²) in [6.45, 7) is 4.67. The monoisotopic (exact) mass is 474 g/mol. The zero-order valence-corrected chi connectivity index (χ0v) is 20.4. The van der Waals surface area contributed by atoms with Crippen LogP contribution in [-0.4, -0.2) is 62.8 Å². The van der Waals surface area contributed by atoms with Crippen molar-refractivity contribution in [1.82, 2.24) is 15.5 Å². The molecule has 0 unspecified atom stereocenters. The molecule has 2 N–H and O–H groups in total. The lowest BCUT2D eigenvalue weighted by Crippen LogP contribution is -2.46. The smallest absolute Gasteiger partial charge is 0.251 e. The van der Waals surface area contributed by atoms with Crippen LogP contribution in [0.3, 0.4) is 0 Å². The summed E-state index contributed by atoms with van der Waals surface area (Å²) >= 11 is 0. The van der Waals surface area contributed by atoms with Gasteiger partial charge in [-0.05, 0) is 66.7 Å². The zero-order valence-electron chi connectivity index (χ0n) is 20.4. The summed E-state index contributed by atoms with van der Waals surface area (Å²) in [4.78, 5) is 14.9. The van der Waals surface area contributed by atoms with E-state index in [4.69, 9.17) is 9.47 Å². The fourth-order valence-electron chi connectivity index (χ4n) is 5.34. The molecule has 2 aromatic rings. The molecule has 2 aromatic carbocycles. The molecule has 0 radical (unpaired) electrons. The first kappa shape index (κ1) is 24.0. The Kier molecular flexibility index (Phi) is 7.17. The molecule has 7 nitrogen and oxygen atoms in total. The van der Waals surface area contributed by atoms with Gasteiger partial charge in [0.05, 0.1) is 18.3 Å². The molecular formula is C28H34N4O3. The molecule has 0 aliphatic carbocycles. The van der Waals surface area contributed by atoms with Gasteiger partial charge in [-0.2, -0.15) is 5.26 Å². The van der Waals surface area contributed by atoms with Crippen molar-refractivity contribution in [3.05, 3.63) is 59.2 Å². The second kappa shape index (κ2) is 10.5. The number of carbonyl (C=O) groups excluding carboxylic acids is 1. The van der Waals surface area contributed by atoms with Crippen LogP contribution in [0.1, 0.15) is 36.0 Å². The third-order valence-corrected chi connectivity index (χ3v) is 7.54. The van der Waals surface area contributed by atoms with Crippen LogP contribution in [0.25, 0.3) is 11.1 Å². The van der Waals surface area contributed by atoms with Crippen LogP contribution in [0.4, 0.5) is 0 Å². The van der Waals surface area contributed by atoms with Crippen molar-refractivity contribution in [2.75, 3.05) is 39.8 Å². The van der Waals surface area contributed by atoms with E-state index in [1.54, 1.807) is 0 Å². The summed E-state index contributed by atoms with van der Waals surface area (Å²) in [5, 5.41) is 15.7. The van der Waals surface area contributed by atoms with E-state index >= 15 is 0 Å². The SMILES string of the molecule is CN1CCC2(CC1)OCc1ccc(-c3ccc(C[C@@H](C#N)NC(=O)[C@@H]4CNCCCO4)cc3)cc12. The molecule has 0 aromatic heterocycles. The fourth-order valence-corrected chi connectivity index (χ4v) is 5.34. The second-order valence-electron chi connectivity index (χ2n) is 9.97. The van der Waals surface area contributed by atoms with Gasteiger partial charge in [0, 0.05) is 32.7 Å². The van der Waals surface area contributed by atoms with Crippen molar-refractivity contribution < 1.29 is 14.3 Å². The predicted octanol–water partition coefficient (Wildman–Crippen LogP) is 2.73. The highest BCUT2D eigenvalue weighted by atomic mass is 16.5. The highest BCUT2D eigenvalue weighted by Gasteiger charge is 2.42. The lowest BCUT2D eigenvalue weighted by atomic mass is 9.82. The van der Waals surface area contributed by atoms with E-state index in [1.807, 2.05) is 12.1 Å². The minimum atomic E-state index is -0.596. The molecule has 184 valence electrons. The Morgan fingerprint density at radius 3 is 2.77 bits per heavy atom. The van der Waals surface area contributed by atoms with Gasteiger partial charge in [0.2, 0.25) is 0 Å². The first-order valence-electron chi connectivity index (χ1n) is 12.6. The standard InChI is InChI=1S/C28H34N4O3/c1-32-12-9-28(10-13-32)25-16-22(7-8-23(25)19-35-28)21-5-3-20(4-6-21)15-24(17-29)31-27(33)26-18-30-11-2-14-34-26/h3-8,16,24,26,30H,2,9-15,18-19H2,1H3,(H,31,33)/t24-,26-/m0/s1. The molecule has 3 heterocycles. The van der Waals surface area contributed by atoms with Crippen LogP contribution in [0.5, 0.6) is 0 Å².